The van der Waals surface area contributed by atoms with E-state index in [-0.39, 0.29) is 36.7 Å². The van der Waals surface area contributed by atoms with Gasteiger partial charge in [0.05, 0.1) is 18.1 Å². The first-order valence-electron chi connectivity index (χ1n) is 6.32. The fourth-order valence-electron chi connectivity index (χ4n) is 1.46. The van der Waals surface area contributed by atoms with E-state index in [4.69, 9.17) is 5.73 Å². The molecule has 2 amide bonds. The molecule has 0 bridgehead atoms. The molecule has 0 saturated heterocycles. The Morgan fingerprint density at radius 1 is 1.38 bits per heavy atom. The molecule has 0 aliphatic heterocycles. The molecule has 0 aromatic carbocycles. The quantitative estimate of drug-likeness (QED) is 0.534. The first kappa shape index (κ1) is 19.3. The van der Waals surface area contributed by atoms with Gasteiger partial charge in [0.25, 0.3) is 0 Å². The van der Waals surface area contributed by atoms with Gasteiger partial charge >= 0.3 is 0 Å². The number of H-pyrrole nitrogens is 1. The van der Waals surface area contributed by atoms with Gasteiger partial charge < -0.3 is 16.4 Å². The van der Waals surface area contributed by atoms with Crippen LogP contribution in [0.4, 0.5) is 0 Å². The Labute approximate surface area is 129 Å². The van der Waals surface area contributed by atoms with Crippen LogP contribution in [0.3, 0.4) is 0 Å². The number of hydrogen-bond acceptors (Lipinski definition) is 6. The Balaban J connectivity index is 0.00000400. The summed E-state index contributed by atoms with van der Waals surface area (Å²) < 4.78 is 0. The number of aromatic amines is 1. The van der Waals surface area contributed by atoms with Crippen LogP contribution in [0.5, 0.6) is 0 Å². The highest BCUT2D eigenvalue weighted by Gasteiger charge is 2.27. The van der Waals surface area contributed by atoms with Gasteiger partial charge in [-0.2, -0.15) is 5.21 Å². The SMILES string of the molecule is CC(C)[C@H](N)C(=O)NCC(=O)NC(C)(C)c1nn[nH]n1.Cl. The Kier molecular flexibility index (Phi) is 7.23. The number of rotatable bonds is 6. The van der Waals surface area contributed by atoms with Crippen LogP contribution in [-0.4, -0.2) is 45.0 Å². The zero-order valence-corrected chi connectivity index (χ0v) is 13.3. The zero-order valence-electron chi connectivity index (χ0n) is 12.5. The van der Waals surface area contributed by atoms with Crippen molar-refractivity contribution in [1.82, 2.24) is 31.3 Å². The highest BCUT2D eigenvalue weighted by atomic mass is 35.5. The summed E-state index contributed by atoms with van der Waals surface area (Å²) in [4.78, 5) is 23.4. The second-order valence-corrected chi connectivity index (χ2v) is 5.40. The lowest BCUT2D eigenvalue weighted by molar-refractivity contribution is -0.128. The number of hydrogen-bond donors (Lipinski definition) is 4. The fraction of sp³-hybridized carbons (Fsp3) is 0.727. The molecule has 21 heavy (non-hydrogen) atoms. The van der Waals surface area contributed by atoms with Crippen LogP contribution < -0.4 is 16.4 Å². The van der Waals surface area contributed by atoms with Crippen LogP contribution in [0.2, 0.25) is 0 Å². The predicted octanol–water partition coefficient (Wildman–Crippen LogP) is -0.928. The number of carbonyl (C=O) groups is 2. The number of aromatic nitrogens is 4. The molecule has 0 aliphatic carbocycles. The van der Waals surface area contributed by atoms with Crippen molar-refractivity contribution in [2.24, 2.45) is 11.7 Å². The molecule has 120 valence electrons. The molecule has 0 radical (unpaired) electrons. The van der Waals surface area contributed by atoms with Crippen LogP contribution in [0.25, 0.3) is 0 Å². The van der Waals surface area contributed by atoms with Gasteiger partial charge in [-0.3, -0.25) is 9.59 Å². The summed E-state index contributed by atoms with van der Waals surface area (Å²) in [5.41, 5.74) is 4.89. The minimum atomic E-state index is -0.783. The van der Waals surface area contributed by atoms with Crippen molar-refractivity contribution < 1.29 is 9.59 Å². The third-order valence-corrected chi connectivity index (χ3v) is 2.80. The second-order valence-electron chi connectivity index (χ2n) is 5.40. The molecule has 0 fully saturated rings. The molecule has 0 aliphatic rings. The molecule has 1 heterocycles. The Bertz CT molecular complexity index is 461. The molecule has 1 aromatic heterocycles. The van der Waals surface area contributed by atoms with Gasteiger partial charge in [0, 0.05) is 0 Å². The van der Waals surface area contributed by atoms with E-state index >= 15 is 0 Å². The topological polar surface area (TPSA) is 139 Å². The normalized spacial score (nSPS) is 12.5. The minimum absolute atomic E-state index is 0. The van der Waals surface area contributed by atoms with Crippen molar-refractivity contribution in [1.29, 1.82) is 0 Å². The molecule has 0 spiro atoms. The molecule has 0 unspecified atom stereocenters. The molecular formula is C11H22ClN7O2. The maximum absolute atomic E-state index is 11.8. The summed E-state index contributed by atoms with van der Waals surface area (Å²) in [6.07, 6.45) is 0. The highest BCUT2D eigenvalue weighted by molar-refractivity contribution is 5.87. The number of nitrogens with zero attached hydrogens (tertiary/aromatic N) is 3. The fourth-order valence-corrected chi connectivity index (χ4v) is 1.46. The maximum atomic E-state index is 11.8. The summed E-state index contributed by atoms with van der Waals surface area (Å²) >= 11 is 0. The van der Waals surface area contributed by atoms with E-state index in [1.807, 2.05) is 13.8 Å². The predicted molar refractivity (Wildman–Crippen MR) is 78.4 cm³/mol. The van der Waals surface area contributed by atoms with Crippen LogP contribution in [0.15, 0.2) is 0 Å². The first-order valence-corrected chi connectivity index (χ1v) is 6.32. The highest BCUT2D eigenvalue weighted by Crippen LogP contribution is 2.13. The van der Waals surface area contributed by atoms with E-state index in [1.165, 1.54) is 0 Å². The molecule has 1 rings (SSSR count). The molecular weight excluding hydrogens is 298 g/mol. The van der Waals surface area contributed by atoms with Crippen LogP contribution in [0, 0.1) is 5.92 Å². The number of tetrazole rings is 1. The van der Waals surface area contributed by atoms with E-state index in [0.29, 0.717) is 5.82 Å². The summed E-state index contributed by atoms with van der Waals surface area (Å²) in [5, 5.41) is 18.6. The van der Waals surface area contributed by atoms with E-state index < -0.39 is 11.6 Å². The standard InChI is InChI=1S/C11H21N7O2.ClH/c1-6(2)8(12)9(20)13-5-7(19)14-11(3,4)10-15-17-18-16-10;/h6,8H,5,12H2,1-4H3,(H,13,20)(H,14,19)(H,15,16,17,18);1H/t8-;/m0./s1. The van der Waals surface area contributed by atoms with Gasteiger partial charge in [-0.25, -0.2) is 0 Å². The molecule has 10 heteroatoms. The zero-order chi connectivity index (χ0) is 15.3. The third kappa shape index (κ3) is 5.64. The van der Waals surface area contributed by atoms with E-state index in [1.54, 1.807) is 13.8 Å². The minimum Gasteiger partial charge on any atom is -0.346 e. The first-order chi connectivity index (χ1) is 9.24. The van der Waals surface area contributed by atoms with Gasteiger partial charge in [0.2, 0.25) is 11.8 Å². The third-order valence-electron chi connectivity index (χ3n) is 2.80. The average Bonchev–Trinajstić information content (AvgIpc) is 2.88. The van der Waals surface area contributed by atoms with E-state index in [0.717, 1.165) is 0 Å². The number of halogens is 1. The number of carbonyl (C=O) groups excluding carboxylic acids is 2. The van der Waals surface area contributed by atoms with Crippen molar-refractivity contribution in [3.8, 4) is 0 Å². The Morgan fingerprint density at radius 2 is 2.00 bits per heavy atom. The van der Waals surface area contributed by atoms with Crippen molar-refractivity contribution in [3.05, 3.63) is 5.82 Å². The number of nitrogens with one attached hydrogen (secondary N) is 3. The Hall–Kier alpha value is -1.74. The lowest BCUT2D eigenvalue weighted by Crippen LogP contribution is -2.50. The summed E-state index contributed by atoms with van der Waals surface area (Å²) in [6.45, 7) is 6.99. The van der Waals surface area contributed by atoms with Gasteiger partial charge in [0.15, 0.2) is 5.82 Å². The molecule has 0 saturated carbocycles. The Morgan fingerprint density at radius 3 is 2.48 bits per heavy atom. The van der Waals surface area contributed by atoms with Crippen LogP contribution in [-0.2, 0) is 15.1 Å². The molecule has 1 atom stereocenters. The van der Waals surface area contributed by atoms with Gasteiger partial charge in [-0.15, -0.1) is 22.6 Å². The lowest BCUT2D eigenvalue weighted by Gasteiger charge is -2.22. The van der Waals surface area contributed by atoms with Crippen LogP contribution >= 0.6 is 12.4 Å². The van der Waals surface area contributed by atoms with E-state index in [9.17, 15) is 9.59 Å². The number of amides is 2. The maximum Gasteiger partial charge on any atom is 0.240 e. The summed E-state index contributed by atoms with van der Waals surface area (Å²) in [7, 11) is 0. The van der Waals surface area contributed by atoms with Crippen molar-refractivity contribution in [2.45, 2.75) is 39.3 Å². The van der Waals surface area contributed by atoms with Crippen molar-refractivity contribution >= 4 is 24.2 Å². The molecule has 5 N–H and O–H groups in total. The van der Waals surface area contributed by atoms with Crippen molar-refractivity contribution in [2.75, 3.05) is 6.54 Å². The second kappa shape index (κ2) is 7.89. The molecule has 9 nitrogen and oxygen atoms in total. The van der Waals surface area contributed by atoms with E-state index in [2.05, 4.69) is 31.3 Å². The van der Waals surface area contributed by atoms with Gasteiger partial charge in [0.1, 0.15) is 0 Å². The summed E-state index contributed by atoms with van der Waals surface area (Å²) in [5.74, 6) is -0.346. The van der Waals surface area contributed by atoms with Gasteiger partial charge in [-0.1, -0.05) is 19.1 Å². The number of nitrogens with two attached hydrogens (primary N) is 1. The van der Waals surface area contributed by atoms with Crippen molar-refractivity contribution in [3.63, 3.8) is 0 Å². The largest absolute Gasteiger partial charge is 0.346 e. The smallest absolute Gasteiger partial charge is 0.240 e. The summed E-state index contributed by atoms with van der Waals surface area (Å²) in [6, 6.07) is -0.631. The average molecular weight is 320 g/mol. The van der Waals surface area contributed by atoms with Gasteiger partial charge in [-0.05, 0) is 19.8 Å². The molecule has 1 aromatic rings. The monoisotopic (exact) mass is 319 g/mol. The van der Waals surface area contributed by atoms with Crippen LogP contribution in [0.1, 0.15) is 33.5 Å². The lowest BCUT2D eigenvalue weighted by atomic mass is 10.0.